The van der Waals surface area contributed by atoms with Crippen LogP contribution in [-0.2, 0) is 20.0 Å². The number of nitrogens with zero attached hydrogens (tertiary/aromatic N) is 2. The van der Waals surface area contributed by atoms with Crippen LogP contribution in [0.3, 0.4) is 0 Å². The van der Waals surface area contributed by atoms with Crippen LogP contribution in [0.5, 0.6) is 0 Å². The van der Waals surface area contributed by atoms with Gasteiger partial charge in [-0.05, 0) is 12.1 Å². The zero-order valence-electron chi connectivity index (χ0n) is 11.5. The van der Waals surface area contributed by atoms with Gasteiger partial charge in [0.25, 0.3) is 0 Å². The molecule has 0 saturated carbocycles. The minimum atomic E-state index is -3.81. The summed E-state index contributed by atoms with van der Waals surface area (Å²) >= 11 is 0. The second-order valence-electron chi connectivity index (χ2n) is 4.10. The molecule has 0 amide bonds. The highest BCUT2D eigenvalue weighted by Crippen LogP contribution is 2.16. The fraction of sp³-hybridized carbons (Fsp3) is 0.500. The van der Waals surface area contributed by atoms with Crippen molar-refractivity contribution >= 4 is 25.9 Å². The summed E-state index contributed by atoms with van der Waals surface area (Å²) in [6.45, 7) is -0.207. The first-order chi connectivity index (χ1) is 9.20. The van der Waals surface area contributed by atoms with Gasteiger partial charge in [0.15, 0.2) is 0 Å². The van der Waals surface area contributed by atoms with Crippen LogP contribution in [0.4, 0.5) is 5.82 Å². The molecular weight excluding hydrogens is 304 g/mol. The first-order valence-corrected chi connectivity index (χ1v) is 8.82. The second kappa shape index (κ2) is 6.48. The fourth-order valence-electron chi connectivity index (χ4n) is 1.36. The molecular formula is C10H18N4O4S2. The highest BCUT2D eigenvalue weighted by molar-refractivity contribution is 7.90. The highest BCUT2D eigenvalue weighted by Gasteiger charge is 2.20. The standard InChI is InChI=1S/C10H18N4O4S2/c1-11-10-9(5-4-6-12-10)20(17,18)13-7-8-19(15,16)14(2)3/h4-6,13H,7-8H2,1-3H3,(H,11,12). The summed E-state index contributed by atoms with van der Waals surface area (Å²) in [7, 11) is -2.91. The Morgan fingerprint density at radius 2 is 1.90 bits per heavy atom. The van der Waals surface area contributed by atoms with Crippen molar-refractivity contribution in [2.24, 2.45) is 0 Å². The summed E-state index contributed by atoms with van der Waals surface area (Å²) in [5, 5.41) is 2.67. The van der Waals surface area contributed by atoms with Crippen LogP contribution >= 0.6 is 0 Å². The third kappa shape index (κ3) is 4.13. The summed E-state index contributed by atoms with van der Waals surface area (Å²) in [4.78, 5) is 3.87. The van der Waals surface area contributed by atoms with Gasteiger partial charge in [-0.1, -0.05) is 0 Å². The van der Waals surface area contributed by atoms with Crippen molar-refractivity contribution in [3.8, 4) is 0 Å². The molecule has 0 aliphatic carbocycles. The van der Waals surface area contributed by atoms with Crippen LogP contribution in [0.2, 0.25) is 0 Å². The predicted octanol–water partition coefficient (Wildman–Crippen LogP) is -0.707. The van der Waals surface area contributed by atoms with E-state index in [-0.39, 0.29) is 23.0 Å². The van der Waals surface area contributed by atoms with Crippen LogP contribution in [0.15, 0.2) is 23.2 Å². The molecule has 0 spiro atoms. The largest absolute Gasteiger partial charge is 0.372 e. The zero-order valence-corrected chi connectivity index (χ0v) is 13.1. The molecule has 0 aliphatic heterocycles. The van der Waals surface area contributed by atoms with Gasteiger partial charge in [-0.2, -0.15) is 0 Å². The van der Waals surface area contributed by atoms with E-state index in [0.717, 1.165) is 4.31 Å². The lowest BCUT2D eigenvalue weighted by atomic mass is 10.5. The molecule has 2 N–H and O–H groups in total. The van der Waals surface area contributed by atoms with E-state index in [1.54, 1.807) is 7.05 Å². The van der Waals surface area contributed by atoms with Crippen molar-refractivity contribution in [2.75, 3.05) is 38.8 Å². The predicted molar refractivity (Wildman–Crippen MR) is 76.4 cm³/mol. The monoisotopic (exact) mass is 322 g/mol. The van der Waals surface area contributed by atoms with Crippen LogP contribution in [0.1, 0.15) is 0 Å². The van der Waals surface area contributed by atoms with E-state index >= 15 is 0 Å². The van der Waals surface area contributed by atoms with Crippen molar-refractivity contribution in [1.29, 1.82) is 0 Å². The van der Waals surface area contributed by atoms with Gasteiger partial charge in [0.1, 0.15) is 10.7 Å². The Hall–Kier alpha value is -1.23. The van der Waals surface area contributed by atoms with Crippen LogP contribution in [-0.4, -0.2) is 59.6 Å². The zero-order chi connectivity index (χ0) is 15.4. The van der Waals surface area contributed by atoms with Gasteiger partial charge in [-0.25, -0.2) is 30.8 Å². The molecule has 20 heavy (non-hydrogen) atoms. The lowest BCUT2D eigenvalue weighted by Gasteiger charge is -2.13. The normalized spacial score (nSPS) is 12.6. The van der Waals surface area contributed by atoms with Crippen molar-refractivity contribution in [3.63, 3.8) is 0 Å². The maximum atomic E-state index is 12.1. The Kier molecular flexibility index (Phi) is 5.45. The summed E-state index contributed by atoms with van der Waals surface area (Å²) in [6, 6.07) is 2.88. The minimum Gasteiger partial charge on any atom is -0.372 e. The third-order valence-electron chi connectivity index (χ3n) is 2.51. The molecule has 0 atom stereocenters. The minimum absolute atomic E-state index is 0.0234. The van der Waals surface area contributed by atoms with Crippen molar-refractivity contribution < 1.29 is 16.8 Å². The van der Waals surface area contributed by atoms with Crippen molar-refractivity contribution in [1.82, 2.24) is 14.0 Å². The SMILES string of the molecule is CNc1ncccc1S(=O)(=O)NCCS(=O)(=O)N(C)C. The molecule has 0 radical (unpaired) electrons. The van der Waals surface area contributed by atoms with Gasteiger partial charge in [0, 0.05) is 33.9 Å². The maximum absolute atomic E-state index is 12.1. The molecule has 0 aromatic carbocycles. The first kappa shape index (κ1) is 16.8. The molecule has 0 unspecified atom stereocenters. The molecule has 1 aromatic rings. The van der Waals surface area contributed by atoms with Crippen molar-refractivity contribution in [2.45, 2.75) is 4.90 Å². The smallest absolute Gasteiger partial charge is 0.244 e. The molecule has 114 valence electrons. The van der Waals surface area contributed by atoms with Crippen LogP contribution < -0.4 is 10.0 Å². The summed E-state index contributed by atoms with van der Waals surface area (Å²) in [5.41, 5.74) is 0. The molecule has 1 rings (SSSR count). The number of nitrogens with one attached hydrogen (secondary N) is 2. The van der Waals surface area contributed by atoms with E-state index in [4.69, 9.17) is 0 Å². The third-order valence-corrected chi connectivity index (χ3v) is 5.83. The Morgan fingerprint density at radius 1 is 1.25 bits per heavy atom. The Morgan fingerprint density at radius 3 is 2.45 bits per heavy atom. The molecule has 0 aliphatic rings. The van der Waals surface area contributed by atoms with E-state index in [1.807, 2.05) is 0 Å². The highest BCUT2D eigenvalue weighted by atomic mass is 32.2. The van der Waals surface area contributed by atoms with Gasteiger partial charge >= 0.3 is 0 Å². The summed E-state index contributed by atoms with van der Waals surface area (Å²) in [6.07, 6.45) is 1.46. The Labute approximate surface area is 119 Å². The van der Waals surface area contributed by atoms with Crippen molar-refractivity contribution in [3.05, 3.63) is 18.3 Å². The van der Waals surface area contributed by atoms with Gasteiger partial charge in [0.05, 0.1) is 5.75 Å². The summed E-state index contributed by atoms with van der Waals surface area (Å²) in [5.74, 6) is -0.107. The number of aromatic nitrogens is 1. The Balaban J connectivity index is 2.82. The van der Waals surface area contributed by atoms with Crippen LogP contribution in [0, 0.1) is 0 Å². The van der Waals surface area contributed by atoms with E-state index in [9.17, 15) is 16.8 Å². The lowest BCUT2D eigenvalue weighted by molar-refractivity contribution is 0.519. The number of hydrogen-bond acceptors (Lipinski definition) is 6. The first-order valence-electron chi connectivity index (χ1n) is 5.73. The number of hydrogen-bond donors (Lipinski definition) is 2. The Bertz CT molecular complexity index is 656. The van der Waals surface area contributed by atoms with Gasteiger partial charge in [0.2, 0.25) is 20.0 Å². The average Bonchev–Trinajstić information content (AvgIpc) is 2.38. The molecule has 0 bridgehead atoms. The molecule has 0 fully saturated rings. The number of pyridine rings is 1. The number of sulfonamides is 2. The van der Waals surface area contributed by atoms with E-state index in [0.29, 0.717) is 0 Å². The second-order valence-corrected chi connectivity index (χ2v) is 8.13. The van der Waals surface area contributed by atoms with E-state index in [2.05, 4.69) is 15.0 Å². The molecule has 0 saturated heterocycles. The van der Waals surface area contributed by atoms with E-state index in [1.165, 1.54) is 32.4 Å². The molecule has 1 aromatic heterocycles. The molecule has 10 heteroatoms. The van der Waals surface area contributed by atoms with Gasteiger partial charge < -0.3 is 5.32 Å². The van der Waals surface area contributed by atoms with Crippen LogP contribution in [0.25, 0.3) is 0 Å². The lowest BCUT2D eigenvalue weighted by Crippen LogP contribution is -2.34. The maximum Gasteiger partial charge on any atom is 0.244 e. The van der Waals surface area contributed by atoms with Gasteiger partial charge in [-0.15, -0.1) is 0 Å². The molecule has 8 nitrogen and oxygen atoms in total. The quantitative estimate of drug-likeness (QED) is 0.687. The van der Waals surface area contributed by atoms with Gasteiger partial charge in [-0.3, -0.25) is 0 Å². The topological polar surface area (TPSA) is 108 Å². The number of anilines is 1. The fourth-order valence-corrected chi connectivity index (χ4v) is 3.41. The number of rotatable bonds is 7. The summed E-state index contributed by atoms with van der Waals surface area (Å²) < 4.78 is 50.5. The average molecular weight is 322 g/mol. The molecule has 1 heterocycles. The van der Waals surface area contributed by atoms with E-state index < -0.39 is 20.0 Å².